The van der Waals surface area contributed by atoms with E-state index in [2.05, 4.69) is 20.3 Å². The normalized spacial score (nSPS) is 18.8. The third-order valence-electron chi connectivity index (χ3n) is 9.12. The Labute approximate surface area is 294 Å². The molecule has 1 fully saturated rings. The minimum atomic E-state index is -1.12. The highest BCUT2D eigenvalue weighted by molar-refractivity contribution is 6.06. The highest BCUT2D eigenvalue weighted by Gasteiger charge is 2.48. The topological polar surface area (TPSA) is 139 Å². The van der Waals surface area contributed by atoms with Crippen LogP contribution in [0.1, 0.15) is 33.3 Å². The molecule has 4 aromatic carbocycles. The number of ether oxygens (including phenoxy) is 5. The van der Waals surface area contributed by atoms with Crippen LogP contribution in [0.25, 0.3) is 11.2 Å². The Morgan fingerprint density at radius 2 is 1.39 bits per heavy atom. The van der Waals surface area contributed by atoms with Crippen LogP contribution in [-0.4, -0.2) is 76.8 Å². The Morgan fingerprint density at radius 1 is 0.804 bits per heavy atom. The number of amides is 1. The Kier molecular flexibility index (Phi) is 9.73. The number of anilines is 1. The molecular formula is C39H37N5O7. The molecule has 1 saturated heterocycles. The second kappa shape index (κ2) is 14.7. The molecule has 0 bridgehead atoms. The van der Waals surface area contributed by atoms with Crippen molar-refractivity contribution in [1.29, 1.82) is 0 Å². The zero-order chi connectivity index (χ0) is 35.4. The van der Waals surface area contributed by atoms with Gasteiger partial charge in [0.05, 0.1) is 27.2 Å². The zero-order valence-electron chi connectivity index (χ0n) is 28.2. The van der Waals surface area contributed by atoms with Gasteiger partial charge in [0.2, 0.25) is 0 Å². The minimum Gasteiger partial charge on any atom is -0.497 e. The van der Waals surface area contributed by atoms with Gasteiger partial charge in [0.25, 0.3) is 5.91 Å². The molecule has 0 spiro atoms. The lowest BCUT2D eigenvalue weighted by molar-refractivity contribution is -0.0948. The highest BCUT2D eigenvalue weighted by Crippen LogP contribution is 2.43. The molecule has 0 saturated carbocycles. The van der Waals surface area contributed by atoms with Crippen molar-refractivity contribution in [2.45, 2.75) is 30.1 Å². The van der Waals surface area contributed by atoms with E-state index in [4.69, 9.17) is 23.7 Å². The highest BCUT2D eigenvalue weighted by atomic mass is 16.6. The summed E-state index contributed by atoms with van der Waals surface area (Å²) < 4.78 is 32.0. The van der Waals surface area contributed by atoms with Gasteiger partial charge in [0, 0.05) is 12.7 Å². The van der Waals surface area contributed by atoms with Crippen LogP contribution in [0.15, 0.2) is 122 Å². The summed E-state index contributed by atoms with van der Waals surface area (Å²) in [4.78, 5) is 26.2. The Balaban J connectivity index is 1.22. The molecule has 2 aromatic heterocycles. The molecule has 1 aliphatic rings. The van der Waals surface area contributed by atoms with Gasteiger partial charge in [0.1, 0.15) is 41.7 Å². The molecule has 1 aliphatic heterocycles. The van der Waals surface area contributed by atoms with Gasteiger partial charge >= 0.3 is 0 Å². The van der Waals surface area contributed by atoms with Crippen LogP contribution < -0.4 is 14.8 Å². The Morgan fingerprint density at radius 3 is 1.98 bits per heavy atom. The lowest BCUT2D eigenvalue weighted by Crippen LogP contribution is -2.40. The van der Waals surface area contributed by atoms with Gasteiger partial charge in [-0.3, -0.25) is 9.36 Å². The van der Waals surface area contributed by atoms with Crippen LogP contribution in [0.3, 0.4) is 0 Å². The van der Waals surface area contributed by atoms with Gasteiger partial charge in [0.15, 0.2) is 23.2 Å². The molecule has 12 nitrogen and oxygen atoms in total. The smallest absolute Gasteiger partial charge is 0.256 e. The molecule has 7 rings (SSSR count). The van der Waals surface area contributed by atoms with Crippen LogP contribution >= 0.6 is 0 Å². The number of imidazole rings is 1. The molecule has 0 radical (unpaired) electrons. The number of carbonyl (C=O) groups is 1. The first-order chi connectivity index (χ1) is 25.0. The fraction of sp³-hybridized carbons (Fsp3) is 0.231. The number of nitrogens with zero attached hydrogens (tertiary/aromatic N) is 4. The van der Waals surface area contributed by atoms with Crippen molar-refractivity contribution in [3.05, 3.63) is 144 Å². The predicted octanol–water partition coefficient (Wildman–Crippen LogP) is 5.38. The maximum absolute atomic E-state index is 12.9. The summed E-state index contributed by atoms with van der Waals surface area (Å²) in [5.41, 5.74) is 2.66. The summed E-state index contributed by atoms with van der Waals surface area (Å²) in [6.45, 7) is -0.0233. The zero-order valence-corrected chi connectivity index (χ0v) is 28.2. The van der Waals surface area contributed by atoms with Gasteiger partial charge in [-0.15, -0.1) is 0 Å². The van der Waals surface area contributed by atoms with Crippen molar-refractivity contribution < 1.29 is 33.6 Å². The average molecular weight is 688 g/mol. The number of fused-ring (bicyclic) bond motifs is 1. The van der Waals surface area contributed by atoms with Crippen molar-refractivity contribution in [3.8, 4) is 11.5 Å². The summed E-state index contributed by atoms with van der Waals surface area (Å²) >= 11 is 0. The number of benzene rings is 4. The number of aromatic nitrogens is 4. The van der Waals surface area contributed by atoms with Gasteiger partial charge < -0.3 is 34.1 Å². The monoisotopic (exact) mass is 687 g/mol. The lowest BCUT2D eigenvalue weighted by atomic mass is 9.80. The van der Waals surface area contributed by atoms with E-state index < -0.39 is 30.1 Å². The van der Waals surface area contributed by atoms with Gasteiger partial charge in [-0.05, 0) is 53.1 Å². The Bertz CT molecular complexity index is 2030. The van der Waals surface area contributed by atoms with E-state index in [-0.39, 0.29) is 18.3 Å². The van der Waals surface area contributed by atoms with Crippen LogP contribution in [0.5, 0.6) is 11.5 Å². The van der Waals surface area contributed by atoms with Crippen LogP contribution in [0.4, 0.5) is 5.82 Å². The van der Waals surface area contributed by atoms with Crippen molar-refractivity contribution in [2.75, 3.05) is 33.3 Å². The maximum atomic E-state index is 12.9. The SMILES string of the molecule is COc1ccc(C(OC[C@H]2O[C@@H](n3cnc4c(NC(=O)c5ccccc5)ncnc43)[C@H](OC)[C@@H]2O)(c2ccccc2)c2ccc(OC)cc2)cc1. The largest absolute Gasteiger partial charge is 0.497 e. The first-order valence-electron chi connectivity index (χ1n) is 16.4. The third-order valence-corrected chi connectivity index (χ3v) is 9.12. The van der Waals surface area contributed by atoms with Crippen molar-refractivity contribution >= 4 is 22.9 Å². The molecule has 4 atom stereocenters. The van der Waals surface area contributed by atoms with E-state index in [0.717, 1.165) is 16.7 Å². The van der Waals surface area contributed by atoms with Crippen LogP contribution in [0.2, 0.25) is 0 Å². The number of methoxy groups -OCH3 is 3. The second-order valence-electron chi connectivity index (χ2n) is 11.9. The standard InChI is InChI=1S/C39H37N5O7/c1-47-29-18-14-27(15-19-29)39(26-12-8-5-9-13-26,28-16-20-30(48-2)21-17-28)50-22-31-33(45)34(49-3)38(51-31)44-24-42-32-35(40-23-41-36(32)44)43-37(46)25-10-6-4-7-11-25/h4-21,23-24,31,33-34,38,45H,22H2,1-3H3,(H,40,41,43,46)/t31-,33-,34-,38-/m1/s1. The van der Waals surface area contributed by atoms with Crippen molar-refractivity contribution in [1.82, 2.24) is 19.5 Å². The number of hydrogen-bond acceptors (Lipinski definition) is 10. The van der Waals surface area contributed by atoms with E-state index >= 15 is 0 Å². The molecule has 3 heterocycles. The fourth-order valence-corrected chi connectivity index (χ4v) is 6.52. The first-order valence-corrected chi connectivity index (χ1v) is 16.4. The van der Waals surface area contributed by atoms with Gasteiger partial charge in [-0.25, -0.2) is 15.0 Å². The fourth-order valence-electron chi connectivity index (χ4n) is 6.52. The summed E-state index contributed by atoms with van der Waals surface area (Å²) in [5, 5.41) is 14.5. The predicted molar refractivity (Wildman–Crippen MR) is 189 cm³/mol. The van der Waals surface area contributed by atoms with Crippen LogP contribution in [-0.2, 0) is 19.8 Å². The number of carbonyl (C=O) groups excluding carboxylic acids is 1. The Hall–Kier alpha value is -5.66. The second-order valence-corrected chi connectivity index (χ2v) is 11.9. The summed E-state index contributed by atoms with van der Waals surface area (Å²) in [5.74, 6) is 1.32. The molecular weight excluding hydrogens is 650 g/mol. The average Bonchev–Trinajstić information content (AvgIpc) is 3.77. The van der Waals surface area contributed by atoms with E-state index in [1.807, 2.05) is 84.9 Å². The molecule has 2 N–H and O–H groups in total. The number of hydrogen-bond donors (Lipinski definition) is 2. The number of aliphatic hydroxyl groups excluding tert-OH is 1. The molecule has 260 valence electrons. The third kappa shape index (κ3) is 6.41. The number of nitrogens with one attached hydrogen (secondary N) is 1. The number of rotatable bonds is 12. The first kappa shape index (κ1) is 33.8. The minimum absolute atomic E-state index is 0.0233. The summed E-state index contributed by atoms with van der Waals surface area (Å²) in [6, 6.07) is 34.1. The van der Waals surface area contributed by atoms with Gasteiger partial charge in [-0.1, -0.05) is 72.8 Å². The maximum Gasteiger partial charge on any atom is 0.256 e. The summed E-state index contributed by atoms with van der Waals surface area (Å²) in [7, 11) is 4.76. The van der Waals surface area contributed by atoms with E-state index in [1.165, 1.54) is 19.8 Å². The van der Waals surface area contributed by atoms with Crippen LogP contribution in [0, 0.1) is 0 Å². The van der Waals surface area contributed by atoms with E-state index in [0.29, 0.717) is 28.2 Å². The molecule has 0 unspecified atom stereocenters. The van der Waals surface area contributed by atoms with Gasteiger partial charge in [-0.2, -0.15) is 0 Å². The van der Waals surface area contributed by atoms with Crippen molar-refractivity contribution in [3.63, 3.8) is 0 Å². The molecule has 51 heavy (non-hydrogen) atoms. The molecule has 6 aromatic rings. The summed E-state index contributed by atoms with van der Waals surface area (Å²) in [6.07, 6.45) is -0.668. The van der Waals surface area contributed by atoms with E-state index in [1.54, 1.807) is 43.1 Å². The number of aliphatic hydroxyl groups is 1. The van der Waals surface area contributed by atoms with E-state index in [9.17, 15) is 9.90 Å². The quantitative estimate of drug-likeness (QED) is 0.161. The lowest BCUT2D eigenvalue weighted by Gasteiger charge is -2.37. The molecule has 0 aliphatic carbocycles. The van der Waals surface area contributed by atoms with Crippen molar-refractivity contribution in [2.24, 2.45) is 0 Å². The molecule has 12 heteroatoms. The molecule has 1 amide bonds.